The first kappa shape index (κ1) is 8.73. The summed E-state index contributed by atoms with van der Waals surface area (Å²) >= 11 is 0. The molecule has 1 fully saturated rings. The molecule has 2 rings (SSSR count). The van der Waals surface area contributed by atoms with Gasteiger partial charge < -0.3 is 11.1 Å². The van der Waals surface area contributed by atoms with Crippen LogP contribution in [-0.4, -0.2) is 13.1 Å². The summed E-state index contributed by atoms with van der Waals surface area (Å²) in [5, 5.41) is 3.20. The van der Waals surface area contributed by atoms with E-state index in [4.69, 9.17) is 5.73 Å². The van der Waals surface area contributed by atoms with Gasteiger partial charge in [-0.1, -0.05) is 31.2 Å². The number of benzene rings is 1. The molecule has 70 valence electrons. The first-order valence-electron chi connectivity index (χ1n) is 4.83. The number of rotatable bonds is 2. The van der Waals surface area contributed by atoms with Gasteiger partial charge in [-0.2, -0.15) is 0 Å². The SMILES string of the molecule is CCc1ccc(C2(N)CNC2)cc1. The molecule has 1 saturated heterocycles. The summed E-state index contributed by atoms with van der Waals surface area (Å²) in [6.07, 6.45) is 1.09. The van der Waals surface area contributed by atoms with Crippen LogP contribution >= 0.6 is 0 Å². The van der Waals surface area contributed by atoms with Gasteiger partial charge in [-0.25, -0.2) is 0 Å². The Balaban J connectivity index is 2.22. The van der Waals surface area contributed by atoms with Crippen molar-refractivity contribution < 1.29 is 0 Å². The highest BCUT2D eigenvalue weighted by Crippen LogP contribution is 2.22. The van der Waals surface area contributed by atoms with Crippen molar-refractivity contribution in [1.82, 2.24) is 5.32 Å². The fraction of sp³-hybridized carbons (Fsp3) is 0.455. The van der Waals surface area contributed by atoms with Crippen LogP contribution in [0.25, 0.3) is 0 Å². The number of hydrogen-bond donors (Lipinski definition) is 2. The van der Waals surface area contributed by atoms with Crippen LogP contribution < -0.4 is 11.1 Å². The van der Waals surface area contributed by atoms with Crippen molar-refractivity contribution in [3.8, 4) is 0 Å². The van der Waals surface area contributed by atoms with Gasteiger partial charge in [-0.15, -0.1) is 0 Å². The van der Waals surface area contributed by atoms with E-state index in [-0.39, 0.29) is 5.54 Å². The van der Waals surface area contributed by atoms with Crippen LogP contribution in [0.15, 0.2) is 24.3 Å². The van der Waals surface area contributed by atoms with Gasteiger partial charge in [0.1, 0.15) is 0 Å². The molecule has 0 saturated carbocycles. The molecule has 1 aliphatic rings. The zero-order chi connectivity index (χ0) is 9.31. The highest BCUT2D eigenvalue weighted by molar-refractivity contribution is 5.31. The summed E-state index contributed by atoms with van der Waals surface area (Å²) in [5.74, 6) is 0. The lowest BCUT2D eigenvalue weighted by atomic mass is 9.85. The average molecular weight is 176 g/mol. The van der Waals surface area contributed by atoms with Crippen molar-refractivity contribution in [3.63, 3.8) is 0 Å². The molecule has 3 N–H and O–H groups in total. The number of aryl methyl sites for hydroxylation is 1. The minimum Gasteiger partial charge on any atom is -0.319 e. The van der Waals surface area contributed by atoms with E-state index in [0.29, 0.717) is 0 Å². The van der Waals surface area contributed by atoms with Gasteiger partial charge in [0, 0.05) is 13.1 Å². The lowest BCUT2D eigenvalue weighted by molar-refractivity contribution is 0.287. The molecule has 0 amide bonds. The van der Waals surface area contributed by atoms with Crippen LogP contribution in [0.5, 0.6) is 0 Å². The Morgan fingerprint density at radius 1 is 1.31 bits per heavy atom. The number of nitrogens with one attached hydrogen (secondary N) is 1. The maximum Gasteiger partial charge on any atom is 0.0662 e. The minimum atomic E-state index is -0.105. The molecule has 0 radical (unpaired) electrons. The van der Waals surface area contributed by atoms with Crippen LogP contribution in [0.1, 0.15) is 18.1 Å². The third-order valence-electron chi connectivity index (χ3n) is 2.82. The van der Waals surface area contributed by atoms with Crippen molar-refractivity contribution in [2.24, 2.45) is 5.73 Å². The normalized spacial score (nSPS) is 19.5. The van der Waals surface area contributed by atoms with Crippen molar-refractivity contribution in [2.75, 3.05) is 13.1 Å². The molecule has 1 aromatic carbocycles. The Morgan fingerprint density at radius 3 is 2.31 bits per heavy atom. The molecule has 2 nitrogen and oxygen atoms in total. The molecule has 0 spiro atoms. The largest absolute Gasteiger partial charge is 0.319 e. The van der Waals surface area contributed by atoms with Gasteiger partial charge in [0.2, 0.25) is 0 Å². The molecular formula is C11H16N2. The summed E-state index contributed by atoms with van der Waals surface area (Å²) in [6, 6.07) is 8.64. The maximum absolute atomic E-state index is 6.15. The van der Waals surface area contributed by atoms with E-state index in [1.54, 1.807) is 0 Å². The summed E-state index contributed by atoms with van der Waals surface area (Å²) in [6.45, 7) is 3.97. The zero-order valence-corrected chi connectivity index (χ0v) is 8.01. The monoisotopic (exact) mass is 176 g/mol. The molecule has 1 heterocycles. The average Bonchev–Trinajstić information content (AvgIpc) is 2.14. The Labute approximate surface area is 79.1 Å². The fourth-order valence-corrected chi connectivity index (χ4v) is 1.67. The van der Waals surface area contributed by atoms with E-state index in [9.17, 15) is 0 Å². The lowest BCUT2D eigenvalue weighted by Gasteiger charge is -2.39. The van der Waals surface area contributed by atoms with E-state index in [0.717, 1.165) is 19.5 Å². The van der Waals surface area contributed by atoms with E-state index in [2.05, 4.69) is 36.5 Å². The predicted octanol–water partition coefficient (Wildman–Crippen LogP) is 1.01. The molecule has 0 bridgehead atoms. The van der Waals surface area contributed by atoms with E-state index < -0.39 is 0 Å². The van der Waals surface area contributed by atoms with E-state index >= 15 is 0 Å². The molecular weight excluding hydrogens is 160 g/mol. The highest BCUT2D eigenvalue weighted by Gasteiger charge is 2.33. The fourth-order valence-electron chi connectivity index (χ4n) is 1.67. The standard InChI is InChI=1S/C11H16N2/c1-2-9-3-5-10(6-4-9)11(12)7-13-8-11/h3-6,13H,2,7-8,12H2,1H3. The summed E-state index contributed by atoms with van der Waals surface area (Å²) in [4.78, 5) is 0. The van der Waals surface area contributed by atoms with Crippen LogP contribution in [0.4, 0.5) is 0 Å². The quantitative estimate of drug-likeness (QED) is 0.705. The molecule has 13 heavy (non-hydrogen) atoms. The van der Waals surface area contributed by atoms with Gasteiger partial charge in [0.25, 0.3) is 0 Å². The second-order valence-electron chi connectivity index (χ2n) is 3.81. The second kappa shape index (κ2) is 3.13. The smallest absolute Gasteiger partial charge is 0.0662 e. The van der Waals surface area contributed by atoms with Crippen molar-refractivity contribution in [1.29, 1.82) is 0 Å². The number of hydrogen-bond acceptors (Lipinski definition) is 2. The Kier molecular flexibility index (Phi) is 2.10. The molecule has 0 atom stereocenters. The third-order valence-corrected chi connectivity index (χ3v) is 2.82. The molecule has 0 aliphatic carbocycles. The second-order valence-corrected chi connectivity index (χ2v) is 3.81. The molecule has 0 aromatic heterocycles. The van der Waals surface area contributed by atoms with E-state index in [1.807, 2.05) is 0 Å². The summed E-state index contributed by atoms with van der Waals surface area (Å²) in [5.41, 5.74) is 8.68. The first-order chi connectivity index (χ1) is 6.24. The molecule has 0 unspecified atom stereocenters. The summed E-state index contributed by atoms with van der Waals surface area (Å²) < 4.78 is 0. The van der Waals surface area contributed by atoms with Crippen LogP contribution in [0.2, 0.25) is 0 Å². The Morgan fingerprint density at radius 2 is 1.92 bits per heavy atom. The van der Waals surface area contributed by atoms with Crippen LogP contribution in [-0.2, 0) is 12.0 Å². The molecule has 2 heteroatoms. The van der Waals surface area contributed by atoms with E-state index in [1.165, 1.54) is 11.1 Å². The van der Waals surface area contributed by atoms with Crippen molar-refractivity contribution >= 4 is 0 Å². The highest BCUT2D eigenvalue weighted by atomic mass is 15.1. The van der Waals surface area contributed by atoms with Gasteiger partial charge in [0.05, 0.1) is 5.54 Å². The van der Waals surface area contributed by atoms with Gasteiger partial charge in [-0.3, -0.25) is 0 Å². The Hall–Kier alpha value is -0.860. The first-order valence-corrected chi connectivity index (χ1v) is 4.83. The van der Waals surface area contributed by atoms with Gasteiger partial charge in [0.15, 0.2) is 0 Å². The predicted molar refractivity (Wildman–Crippen MR) is 54.6 cm³/mol. The van der Waals surface area contributed by atoms with Crippen molar-refractivity contribution in [2.45, 2.75) is 18.9 Å². The zero-order valence-electron chi connectivity index (χ0n) is 8.01. The van der Waals surface area contributed by atoms with Crippen LogP contribution in [0, 0.1) is 0 Å². The van der Waals surface area contributed by atoms with Crippen LogP contribution in [0.3, 0.4) is 0 Å². The molecule has 1 aliphatic heterocycles. The lowest BCUT2D eigenvalue weighted by Crippen LogP contribution is -2.62. The number of nitrogens with two attached hydrogens (primary N) is 1. The third kappa shape index (κ3) is 1.47. The Bertz CT molecular complexity index is 285. The maximum atomic E-state index is 6.15. The summed E-state index contributed by atoms with van der Waals surface area (Å²) in [7, 11) is 0. The van der Waals surface area contributed by atoms with Gasteiger partial charge in [-0.05, 0) is 17.5 Å². The van der Waals surface area contributed by atoms with Gasteiger partial charge >= 0.3 is 0 Å². The van der Waals surface area contributed by atoms with Crippen molar-refractivity contribution in [3.05, 3.63) is 35.4 Å². The molecule has 1 aromatic rings. The minimum absolute atomic E-state index is 0.105. The topological polar surface area (TPSA) is 38.0 Å².